The number of carbonyl (C=O) groups excluding carboxylic acids is 1. The van der Waals surface area contributed by atoms with E-state index in [1.165, 1.54) is 6.42 Å². The van der Waals surface area contributed by atoms with E-state index in [9.17, 15) is 4.79 Å². The Morgan fingerprint density at radius 1 is 1.05 bits per heavy atom. The van der Waals surface area contributed by atoms with Gasteiger partial charge in [-0.15, -0.1) is 0 Å². The summed E-state index contributed by atoms with van der Waals surface area (Å²) < 4.78 is 29.2. The largest absolute Gasteiger partial charge is 0.344 e. The molecular formula is C15H22O6. The second-order valence-corrected chi connectivity index (χ2v) is 6.88. The van der Waals surface area contributed by atoms with E-state index in [0.29, 0.717) is 6.61 Å². The molecule has 3 heterocycles. The fourth-order valence-electron chi connectivity index (χ4n) is 3.80. The van der Waals surface area contributed by atoms with Crippen LogP contribution in [0.4, 0.5) is 0 Å². The van der Waals surface area contributed by atoms with Gasteiger partial charge in [0.05, 0.1) is 6.61 Å². The van der Waals surface area contributed by atoms with Gasteiger partial charge in [0.2, 0.25) is 5.78 Å². The van der Waals surface area contributed by atoms with Crippen LogP contribution < -0.4 is 0 Å². The minimum atomic E-state index is -1.30. The summed E-state index contributed by atoms with van der Waals surface area (Å²) in [7, 11) is 0. The van der Waals surface area contributed by atoms with E-state index in [-0.39, 0.29) is 18.5 Å². The molecular weight excluding hydrogens is 276 g/mol. The first-order valence-electron chi connectivity index (χ1n) is 7.82. The third kappa shape index (κ3) is 2.16. The van der Waals surface area contributed by atoms with Crippen LogP contribution in [0, 0.1) is 0 Å². The van der Waals surface area contributed by atoms with Gasteiger partial charge in [-0.2, -0.15) is 0 Å². The fourth-order valence-corrected chi connectivity index (χ4v) is 3.80. The lowest BCUT2D eigenvalue weighted by Gasteiger charge is -2.38. The molecule has 21 heavy (non-hydrogen) atoms. The van der Waals surface area contributed by atoms with Crippen molar-refractivity contribution >= 4 is 5.78 Å². The molecule has 0 unspecified atom stereocenters. The molecule has 2 spiro atoms. The van der Waals surface area contributed by atoms with E-state index in [4.69, 9.17) is 23.7 Å². The molecule has 4 rings (SSSR count). The molecule has 118 valence electrons. The predicted molar refractivity (Wildman–Crippen MR) is 70.4 cm³/mol. The van der Waals surface area contributed by atoms with Crippen molar-refractivity contribution in [2.45, 2.75) is 75.5 Å². The molecule has 3 saturated heterocycles. The molecule has 0 amide bonds. The molecule has 1 aliphatic carbocycles. The maximum atomic E-state index is 12.8. The monoisotopic (exact) mass is 298 g/mol. The Morgan fingerprint density at radius 3 is 2.57 bits per heavy atom. The van der Waals surface area contributed by atoms with Gasteiger partial charge < -0.3 is 23.7 Å². The highest BCUT2D eigenvalue weighted by Crippen LogP contribution is 2.46. The normalized spacial score (nSPS) is 44.4. The first kappa shape index (κ1) is 14.1. The van der Waals surface area contributed by atoms with E-state index in [1.54, 1.807) is 13.8 Å². The zero-order valence-electron chi connectivity index (χ0n) is 12.6. The molecule has 0 bridgehead atoms. The number of carbonyl (C=O) groups is 1. The Kier molecular flexibility index (Phi) is 3.01. The van der Waals surface area contributed by atoms with E-state index >= 15 is 0 Å². The molecule has 0 aromatic rings. The van der Waals surface area contributed by atoms with Crippen LogP contribution in [0.5, 0.6) is 0 Å². The van der Waals surface area contributed by atoms with Crippen LogP contribution in [-0.4, -0.2) is 48.6 Å². The number of Topliss-reactive ketones (excluding diaryl/α,β-unsaturated/α-hetero) is 1. The quantitative estimate of drug-likeness (QED) is 0.675. The van der Waals surface area contributed by atoms with Crippen LogP contribution in [0.2, 0.25) is 0 Å². The minimum Gasteiger partial charge on any atom is -0.344 e. The molecule has 6 heteroatoms. The van der Waals surface area contributed by atoms with Crippen molar-refractivity contribution in [2.75, 3.05) is 13.2 Å². The number of ketones is 1. The van der Waals surface area contributed by atoms with Crippen molar-refractivity contribution in [3.05, 3.63) is 0 Å². The lowest BCUT2D eigenvalue weighted by Crippen LogP contribution is -2.59. The zero-order chi connectivity index (χ0) is 14.7. The third-order valence-corrected chi connectivity index (χ3v) is 4.79. The molecule has 6 nitrogen and oxygen atoms in total. The number of hydrogen-bond donors (Lipinski definition) is 0. The van der Waals surface area contributed by atoms with Crippen molar-refractivity contribution in [2.24, 2.45) is 0 Å². The maximum Gasteiger partial charge on any atom is 0.258 e. The van der Waals surface area contributed by atoms with E-state index in [1.807, 2.05) is 0 Å². The van der Waals surface area contributed by atoms with Crippen molar-refractivity contribution in [3.63, 3.8) is 0 Å². The van der Waals surface area contributed by atoms with Gasteiger partial charge in [-0.25, -0.2) is 0 Å². The van der Waals surface area contributed by atoms with Crippen LogP contribution >= 0.6 is 0 Å². The molecule has 4 aliphatic rings. The zero-order valence-corrected chi connectivity index (χ0v) is 12.6. The summed E-state index contributed by atoms with van der Waals surface area (Å²) in [6, 6.07) is 0. The lowest BCUT2D eigenvalue weighted by molar-refractivity contribution is -0.278. The second-order valence-electron chi connectivity index (χ2n) is 6.88. The average Bonchev–Trinajstić information content (AvgIpc) is 2.95. The summed E-state index contributed by atoms with van der Waals surface area (Å²) in [6.45, 7) is 4.05. The molecule has 0 N–H and O–H groups in total. The molecule has 1 saturated carbocycles. The summed E-state index contributed by atoms with van der Waals surface area (Å²) in [5, 5.41) is 0. The molecule has 3 aliphatic heterocycles. The van der Waals surface area contributed by atoms with Gasteiger partial charge in [0.1, 0.15) is 12.7 Å². The van der Waals surface area contributed by atoms with Gasteiger partial charge in [0.15, 0.2) is 17.7 Å². The summed E-state index contributed by atoms with van der Waals surface area (Å²) in [5.74, 6) is -2.91. The van der Waals surface area contributed by atoms with E-state index < -0.39 is 23.5 Å². The van der Waals surface area contributed by atoms with Crippen molar-refractivity contribution < 1.29 is 28.5 Å². The molecule has 0 aromatic carbocycles. The lowest BCUT2D eigenvalue weighted by atomic mass is 9.94. The molecule has 0 radical (unpaired) electrons. The van der Waals surface area contributed by atoms with Gasteiger partial charge in [0, 0.05) is 12.8 Å². The molecule has 0 aromatic heterocycles. The topological polar surface area (TPSA) is 63.2 Å². The summed E-state index contributed by atoms with van der Waals surface area (Å²) in [4.78, 5) is 12.8. The Bertz CT molecular complexity index is 455. The smallest absolute Gasteiger partial charge is 0.258 e. The van der Waals surface area contributed by atoms with Gasteiger partial charge in [-0.3, -0.25) is 4.79 Å². The Morgan fingerprint density at radius 2 is 1.81 bits per heavy atom. The standard InChI is InChI=1S/C15H22O6/c1-13(2)19-10-8-17-15(12(16)11(10)20-13)9-18-14(21-15)6-4-3-5-7-14/h10-11H,3-9H2,1-2H3/t10-,11-,15+/m1/s1. The summed E-state index contributed by atoms with van der Waals surface area (Å²) in [5.41, 5.74) is 0. The van der Waals surface area contributed by atoms with Crippen LogP contribution in [0.3, 0.4) is 0 Å². The Balaban J connectivity index is 1.55. The third-order valence-electron chi connectivity index (χ3n) is 4.79. The van der Waals surface area contributed by atoms with Gasteiger partial charge >= 0.3 is 0 Å². The van der Waals surface area contributed by atoms with E-state index in [2.05, 4.69) is 0 Å². The molecule has 4 fully saturated rings. The highest BCUT2D eigenvalue weighted by atomic mass is 16.8. The van der Waals surface area contributed by atoms with Gasteiger partial charge in [-0.1, -0.05) is 6.42 Å². The Labute approximate surface area is 124 Å². The van der Waals surface area contributed by atoms with Crippen molar-refractivity contribution in [1.29, 1.82) is 0 Å². The summed E-state index contributed by atoms with van der Waals surface area (Å²) >= 11 is 0. The maximum absolute atomic E-state index is 12.8. The first-order valence-corrected chi connectivity index (χ1v) is 7.82. The van der Waals surface area contributed by atoms with Crippen LogP contribution in [0.1, 0.15) is 46.0 Å². The minimum absolute atomic E-state index is 0.152. The second kappa shape index (κ2) is 4.49. The van der Waals surface area contributed by atoms with Gasteiger partial charge in [-0.05, 0) is 26.7 Å². The average molecular weight is 298 g/mol. The van der Waals surface area contributed by atoms with Crippen molar-refractivity contribution in [3.8, 4) is 0 Å². The Hall–Kier alpha value is -0.530. The van der Waals surface area contributed by atoms with Gasteiger partial charge in [0.25, 0.3) is 5.79 Å². The highest BCUT2D eigenvalue weighted by molar-refractivity contribution is 5.92. The number of hydrogen-bond acceptors (Lipinski definition) is 6. The SMILES string of the molecule is CC1(C)O[C@@H]2CO[C@]3(COC4(CCCCC4)O3)C(=O)[C@@H]2O1. The van der Waals surface area contributed by atoms with Crippen molar-refractivity contribution in [1.82, 2.24) is 0 Å². The van der Waals surface area contributed by atoms with Crippen LogP contribution in [0.15, 0.2) is 0 Å². The number of rotatable bonds is 0. The number of fused-ring (bicyclic) bond motifs is 1. The molecule has 3 atom stereocenters. The van der Waals surface area contributed by atoms with E-state index in [0.717, 1.165) is 25.7 Å². The predicted octanol–water partition coefficient (Wildman–Crippen LogP) is 1.51. The number of ether oxygens (including phenoxy) is 5. The highest BCUT2D eigenvalue weighted by Gasteiger charge is 2.63. The first-order chi connectivity index (χ1) is 9.94. The van der Waals surface area contributed by atoms with Crippen LogP contribution in [-0.2, 0) is 28.5 Å². The fraction of sp³-hybridized carbons (Fsp3) is 0.933. The van der Waals surface area contributed by atoms with Crippen LogP contribution in [0.25, 0.3) is 0 Å². The summed E-state index contributed by atoms with van der Waals surface area (Å²) in [6.07, 6.45) is 3.96.